The van der Waals surface area contributed by atoms with Gasteiger partial charge < -0.3 is 14.6 Å². The molecule has 4 nitrogen and oxygen atoms in total. The molecule has 0 bridgehead atoms. The predicted molar refractivity (Wildman–Crippen MR) is 79.8 cm³/mol. The molecule has 2 aromatic carbocycles. The molecule has 1 N–H and O–H groups in total. The second kappa shape index (κ2) is 6.79. The van der Waals surface area contributed by atoms with Crippen LogP contribution in [0.4, 0.5) is 0 Å². The molecule has 1 atom stereocenters. The SMILES string of the molecule is COc1cccc(OCc2ccc(C(C)C(=O)O)cc2)c1. The van der Waals surface area contributed by atoms with Crippen molar-refractivity contribution in [2.45, 2.75) is 19.4 Å². The number of carboxylic acid groups (broad SMARTS) is 1. The first-order valence-electron chi connectivity index (χ1n) is 6.68. The Morgan fingerprint density at radius 2 is 1.81 bits per heavy atom. The van der Waals surface area contributed by atoms with Gasteiger partial charge in [0.2, 0.25) is 0 Å². The molecule has 0 fully saturated rings. The van der Waals surface area contributed by atoms with E-state index in [0.29, 0.717) is 6.61 Å². The Kier molecular flexibility index (Phi) is 4.82. The lowest BCUT2D eigenvalue weighted by Crippen LogP contribution is -2.07. The summed E-state index contributed by atoms with van der Waals surface area (Å²) in [6.45, 7) is 2.10. The van der Waals surface area contributed by atoms with Crippen molar-refractivity contribution in [3.8, 4) is 11.5 Å². The Morgan fingerprint density at radius 1 is 1.14 bits per heavy atom. The third kappa shape index (κ3) is 3.99. The smallest absolute Gasteiger partial charge is 0.310 e. The minimum atomic E-state index is -0.824. The number of rotatable bonds is 6. The lowest BCUT2D eigenvalue weighted by atomic mass is 10.0. The number of aliphatic carboxylic acids is 1. The monoisotopic (exact) mass is 286 g/mol. The molecule has 0 aliphatic heterocycles. The minimum Gasteiger partial charge on any atom is -0.497 e. The minimum absolute atomic E-state index is 0.425. The molecule has 0 heterocycles. The van der Waals surface area contributed by atoms with Crippen molar-refractivity contribution in [2.24, 2.45) is 0 Å². The molecule has 1 unspecified atom stereocenters. The zero-order valence-electron chi connectivity index (χ0n) is 12.1. The van der Waals surface area contributed by atoms with Crippen LogP contribution in [0.5, 0.6) is 11.5 Å². The summed E-state index contributed by atoms with van der Waals surface area (Å²) in [5.74, 6) is 0.157. The first-order chi connectivity index (χ1) is 10.1. The fourth-order valence-corrected chi connectivity index (χ4v) is 1.90. The van der Waals surface area contributed by atoms with E-state index in [0.717, 1.165) is 22.6 Å². The summed E-state index contributed by atoms with van der Waals surface area (Å²) >= 11 is 0. The molecule has 21 heavy (non-hydrogen) atoms. The van der Waals surface area contributed by atoms with E-state index in [-0.39, 0.29) is 0 Å². The second-order valence-corrected chi connectivity index (χ2v) is 4.77. The lowest BCUT2D eigenvalue weighted by Gasteiger charge is -2.10. The maximum atomic E-state index is 10.9. The largest absolute Gasteiger partial charge is 0.497 e. The van der Waals surface area contributed by atoms with Gasteiger partial charge in [0.1, 0.15) is 18.1 Å². The van der Waals surface area contributed by atoms with Crippen molar-refractivity contribution < 1.29 is 19.4 Å². The van der Waals surface area contributed by atoms with Gasteiger partial charge in [-0.3, -0.25) is 4.79 Å². The maximum Gasteiger partial charge on any atom is 0.310 e. The lowest BCUT2D eigenvalue weighted by molar-refractivity contribution is -0.138. The molecule has 2 aromatic rings. The third-order valence-electron chi connectivity index (χ3n) is 3.30. The van der Waals surface area contributed by atoms with Crippen molar-refractivity contribution in [3.05, 3.63) is 59.7 Å². The van der Waals surface area contributed by atoms with Gasteiger partial charge in [0.05, 0.1) is 13.0 Å². The summed E-state index contributed by atoms with van der Waals surface area (Å²) < 4.78 is 10.8. The van der Waals surface area contributed by atoms with E-state index in [2.05, 4.69) is 0 Å². The van der Waals surface area contributed by atoms with Crippen LogP contribution >= 0.6 is 0 Å². The number of hydrogen-bond donors (Lipinski definition) is 1. The standard InChI is InChI=1S/C17H18O4/c1-12(17(18)19)14-8-6-13(7-9-14)11-21-16-5-3-4-15(10-16)20-2/h3-10,12H,11H2,1-2H3,(H,18,19). The van der Waals surface area contributed by atoms with Gasteiger partial charge in [0, 0.05) is 6.07 Å². The van der Waals surface area contributed by atoms with Crippen LogP contribution in [0.15, 0.2) is 48.5 Å². The maximum absolute atomic E-state index is 10.9. The number of methoxy groups -OCH3 is 1. The van der Waals surface area contributed by atoms with Crippen LogP contribution in [0, 0.1) is 0 Å². The van der Waals surface area contributed by atoms with E-state index in [9.17, 15) is 4.79 Å². The van der Waals surface area contributed by atoms with Crippen molar-refractivity contribution >= 4 is 5.97 Å². The van der Waals surface area contributed by atoms with E-state index in [1.165, 1.54) is 0 Å². The van der Waals surface area contributed by atoms with Crippen LogP contribution in [-0.4, -0.2) is 18.2 Å². The number of carboxylic acids is 1. The molecule has 0 radical (unpaired) electrons. The first kappa shape index (κ1) is 14.9. The average molecular weight is 286 g/mol. The summed E-state index contributed by atoms with van der Waals surface area (Å²) in [5, 5.41) is 8.97. The van der Waals surface area contributed by atoms with Gasteiger partial charge >= 0.3 is 5.97 Å². The predicted octanol–water partition coefficient (Wildman–Crippen LogP) is 3.46. The zero-order valence-corrected chi connectivity index (χ0v) is 12.1. The summed E-state index contributed by atoms with van der Waals surface area (Å²) in [6.07, 6.45) is 0. The molecule has 110 valence electrons. The third-order valence-corrected chi connectivity index (χ3v) is 3.30. The molecule has 0 aliphatic carbocycles. The van der Waals surface area contributed by atoms with Gasteiger partial charge in [-0.05, 0) is 30.2 Å². The Bertz CT molecular complexity index is 604. The molecule has 2 rings (SSSR count). The average Bonchev–Trinajstić information content (AvgIpc) is 2.53. The van der Waals surface area contributed by atoms with Crippen LogP contribution in [-0.2, 0) is 11.4 Å². The summed E-state index contributed by atoms with van der Waals surface area (Å²) in [6, 6.07) is 14.8. The normalized spacial score (nSPS) is 11.7. The van der Waals surface area contributed by atoms with E-state index in [1.54, 1.807) is 14.0 Å². The highest BCUT2D eigenvalue weighted by molar-refractivity contribution is 5.75. The number of ether oxygens (including phenoxy) is 2. The van der Waals surface area contributed by atoms with E-state index in [4.69, 9.17) is 14.6 Å². The highest BCUT2D eigenvalue weighted by Crippen LogP contribution is 2.21. The zero-order chi connectivity index (χ0) is 15.2. The van der Waals surface area contributed by atoms with Gasteiger partial charge in [0.15, 0.2) is 0 Å². The number of carbonyl (C=O) groups is 1. The molecule has 0 aliphatic rings. The first-order valence-corrected chi connectivity index (χ1v) is 6.68. The second-order valence-electron chi connectivity index (χ2n) is 4.77. The number of benzene rings is 2. The molecule has 0 amide bonds. The van der Waals surface area contributed by atoms with Crippen molar-refractivity contribution in [3.63, 3.8) is 0 Å². The van der Waals surface area contributed by atoms with Gasteiger partial charge in [-0.15, -0.1) is 0 Å². The molecule has 0 saturated carbocycles. The highest BCUT2D eigenvalue weighted by atomic mass is 16.5. The number of hydrogen-bond acceptors (Lipinski definition) is 3. The fraction of sp³-hybridized carbons (Fsp3) is 0.235. The quantitative estimate of drug-likeness (QED) is 0.883. The molecule has 0 saturated heterocycles. The van der Waals surface area contributed by atoms with Gasteiger partial charge in [-0.1, -0.05) is 30.3 Å². The van der Waals surface area contributed by atoms with Crippen LogP contribution in [0.2, 0.25) is 0 Å². The molecular weight excluding hydrogens is 268 g/mol. The summed E-state index contributed by atoms with van der Waals surface area (Å²) in [4.78, 5) is 10.9. The van der Waals surface area contributed by atoms with Crippen molar-refractivity contribution in [1.82, 2.24) is 0 Å². The van der Waals surface area contributed by atoms with E-state index in [1.807, 2.05) is 48.5 Å². The van der Waals surface area contributed by atoms with Gasteiger partial charge in [0.25, 0.3) is 0 Å². The Labute approximate surface area is 123 Å². The van der Waals surface area contributed by atoms with Crippen LogP contribution in [0.1, 0.15) is 24.0 Å². The van der Waals surface area contributed by atoms with E-state index >= 15 is 0 Å². The Balaban J connectivity index is 1.98. The topological polar surface area (TPSA) is 55.8 Å². The van der Waals surface area contributed by atoms with Crippen molar-refractivity contribution in [2.75, 3.05) is 7.11 Å². The van der Waals surface area contributed by atoms with E-state index < -0.39 is 11.9 Å². The molecule has 0 aromatic heterocycles. The Morgan fingerprint density at radius 3 is 2.43 bits per heavy atom. The van der Waals surface area contributed by atoms with Crippen LogP contribution < -0.4 is 9.47 Å². The molecular formula is C17H18O4. The summed E-state index contributed by atoms with van der Waals surface area (Å²) in [7, 11) is 1.61. The molecule has 0 spiro atoms. The Hall–Kier alpha value is -2.49. The van der Waals surface area contributed by atoms with Crippen molar-refractivity contribution in [1.29, 1.82) is 0 Å². The summed E-state index contributed by atoms with van der Waals surface area (Å²) in [5.41, 5.74) is 1.77. The molecule has 4 heteroatoms. The van der Waals surface area contributed by atoms with Gasteiger partial charge in [-0.25, -0.2) is 0 Å². The van der Waals surface area contributed by atoms with Crippen LogP contribution in [0.3, 0.4) is 0 Å². The van der Waals surface area contributed by atoms with Gasteiger partial charge in [-0.2, -0.15) is 0 Å². The fourth-order valence-electron chi connectivity index (χ4n) is 1.90. The van der Waals surface area contributed by atoms with Crippen LogP contribution in [0.25, 0.3) is 0 Å². The highest BCUT2D eigenvalue weighted by Gasteiger charge is 2.12.